The van der Waals surface area contributed by atoms with Gasteiger partial charge in [0, 0.05) is 12.8 Å². The van der Waals surface area contributed by atoms with Crippen molar-refractivity contribution in [3.63, 3.8) is 0 Å². The van der Waals surface area contributed by atoms with E-state index in [2.05, 4.69) is 11.8 Å². The van der Waals surface area contributed by atoms with Crippen LogP contribution in [0.1, 0.15) is 32.3 Å². The first kappa shape index (κ1) is 17.2. The van der Waals surface area contributed by atoms with E-state index < -0.39 is 17.6 Å². The van der Waals surface area contributed by atoms with Gasteiger partial charge in [0.25, 0.3) is 0 Å². The molecule has 2 atom stereocenters. The molecule has 114 valence electrons. The van der Waals surface area contributed by atoms with E-state index in [1.54, 1.807) is 12.2 Å². The van der Waals surface area contributed by atoms with Crippen molar-refractivity contribution in [2.24, 2.45) is 0 Å². The molecule has 0 saturated carbocycles. The highest BCUT2D eigenvalue weighted by molar-refractivity contribution is 5.69. The lowest BCUT2D eigenvalue weighted by Gasteiger charge is -2.21. The second-order valence-corrected chi connectivity index (χ2v) is 5.38. The maximum atomic E-state index is 11.2. The molecule has 0 aliphatic heterocycles. The molecule has 0 aromatic heterocycles. The standard InChI is InChI=1S/C17H23NO3/c1-3-4-8-11-17(2,21)13-18-15(16(19)20)12-14-9-6-5-7-10-14/h5-7,9-10,15,18,21H,3-4,12-13H2,1-2H3,(H,19,20)/t15-,17+/m0/s1. The third-order valence-electron chi connectivity index (χ3n) is 3.13. The van der Waals surface area contributed by atoms with Crippen LogP contribution in [0.15, 0.2) is 30.3 Å². The minimum Gasteiger partial charge on any atom is -0.544 e. The Kier molecular flexibility index (Phi) is 6.93. The van der Waals surface area contributed by atoms with Crippen LogP contribution in [0.2, 0.25) is 0 Å². The van der Waals surface area contributed by atoms with Crippen LogP contribution in [0.4, 0.5) is 0 Å². The minimum absolute atomic E-state index is 0.204. The van der Waals surface area contributed by atoms with E-state index in [0.29, 0.717) is 6.42 Å². The lowest BCUT2D eigenvalue weighted by Crippen LogP contribution is -2.96. The summed E-state index contributed by atoms with van der Waals surface area (Å²) in [5, 5.41) is 22.9. The molecule has 0 unspecified atom stereocenters. The van der Waals surface area contributed by atoms with Crippen LogP contribution in [0.25, 0.3) is 0 Å². The number of benzene rings is 1. The van der Waals surface area contributed by atoms with Crippen molar-refractivity contribution in [1.29, 1.82) is 0 Å². The summed E-state index contributed by atoms with van der Waals surface area (Å²) < 4.78 is 0. The van der Waals surface area contributed by atoms with Gasteiger partial charge in [-0.05, 0) is 18.9 Å². The van der Waals surface area contributed by atoms with Gasteiger partial charge in [0.05, 0.1) is 5.97 Å². The second-order valence-electron chi connectivity index (χ2n) is 5.38. The van der Waals surface area contributed by atoms with Crippen LogP contribution < -0.4 is 10.4 Å². The van der Waals surface area contributed by atoms with Gasteiger partial charge in [-0.15, -0.1) is 5.92 Å². The number of aliphatic carboxylic acids is 1. The molecule has 3 N–H and O–H groups in total. The predicted octanol–water partition coefficient (Wildman–Crippen LogP) is -0.534. The fraction of sp³-hybridized carbons (Fsp3) is 0.471. The van der Waals surface area contributed by atoms with Gasteiger partial charge in [-0.1, -0.05) is 43.2 Å². The number of carbonyl (C=O) groups excluding carboxylic acids is 1. The van der Waals surface area contributed by atoms with Gasteiger partial charge >= 0.3 is 0 Å². The van der Waals surface area contributed by atoms with Crippen molar-refractivity contribution in [2.75, 3.05) is 6.54 Å². The molecule has 0 aliphatic carbocycles. The third-order valence-corrected chi connectivity index (χ3v) is 3.13. The summed E-state index contributed by atoms with van der Waals surface area (Å²) in [6.07, 6.45) is 2.02. The SMILES string of the molecule is CCCC#C[C@@](C)(O)C[NH2+][C@@H](Cc1ccccc1)C(=O)[O-]. The number of hydrogen-bond acceptors (Lipinski definition) is 3. The highest BCUT2D eigenvalue weighted by atomic mass is 16.4. The molecular weight excluding hydrogens is 266 g/mol. The lowest BCUT2D eigenvalue weighted by molar-refractivity contribution is -0.691. The molecule has 0 bridgehead atoms. The summed E-state index contributed by atoms with van der Waals surface area (Å²) in [7, 11) is 0. The van der Waals surface area contributed by atoms with E-state index in [0.717, 1.165) is 18.4 Å². The van der Waals surface area contributed by atoms with Crippen LogP contribution >= 0.6 is 0 Å². The van der Waals surface area contributed by atoms with Gasteiger partial charge in [-0.2, -0.15) is 0 Å². The Balaban J connectivity index is 2.60. The first-order valence-electron chi connectivity index (χ1n) is 7.25. The van der Waals surface area contributed by atoms with Crippen molar-refractivity contribution >= 4 is 5.97 Å². The molecule has 0 heterocycles. The van der Waals surface area contributed by atoms with Crippen LogP contribution in [0.3, 0.4) is 0 Å². The third kappa shape index (κ3) is 6.94. The van der Waals surface area contributed by atoms with Crippen molar-refractivity contribution in [3.8, 4) is 11.8 Å². The number of unbranched alkanes of at least 4 members (excludes halogenated alkanes) is 1. The Bertz CT molecular complexity index is 500. The quantitative estimate of drug-likeness (QED) is 0.662. The molecule has 1 aromatic rings. The number of hydrogen-bond donors (Lipinski definition) is 2. The predicted molar refractivity (Wildman–Crippen MR) is 79.0 cm³/mol. The number of carbonyl (C=O) groups is 1. The Morgan fingerprint density at radius 1 is 1.43 bits per heavy atom. The summed E-state index contributed by atoms with van der Waals surface area (Å²) in [6.45, 7) is 3.82. The number of aliphatic hydroxyl groups is 1. The monoisotopic (exact) mass is 289 g/mol. The number of carboxylic acids is 1. The number of quaternary nitrogens is 1. The van der Waals surface area contributed by atoms with Crippen molar-refractivity contribution in [3.05, 3.63) is 35.9 Å². The Morgan fingerprint density at radius 2 is 2.10 bits per heavy atom. The molecule has 0 amide bonds. The molecule has 0 saturated heterocycles. The average Bonchev–Trinajstić information content (AvgIpc) is 2.44. The highest BCUT2D eigenvalue weighted by Gasteiger charge is 2.23. The average molecular weight is 289 g/mol. The lowest BCUT2D eigenvalue weighted by atomic mass is 10.0. The Morgan fingerprint density at radius 3 is 2.67 bits per heavy atom. The zero-order valence-corrected chi connectivity index (χ0v) is 12.6. The maximum absolute atomic E-state index is 11.2. The second kappa shape index (κ2) is 8.46. The number of rotatable bonds is 7. The summed E-state index contributed by atoms with van der Waals surface area (Å²) in [4.78, 5) is 11.2. The molecule has 0 aliphatic rings. The molecule has 4 heteroatoms. The Labute approximate surface area is 126 Å². The molecule has 1 aromatic carbocycles. The van der Waals surface area contributed by atoms with Gasteiger partial charge in [-0.3, -0.25) is 0 Å². The van der Waals surface area contributed by atoms with Crippen molar-refractivity contribution in [2.45, 2.75) is 44.8 Å². The van der Waals surface area contributed by atoms with Crippen LogP contribution in [-0.4, -0.2) is 29.3 Å². The van der Waals surface area contributed by atoms with Crippen LogP contribution in [-0.2, 0) is 11.2 Å². The largest absolute Gasteiger partial charge is 0.544 e. The molecular formula is C17H23NO3. The topological polar surface area (TPSA) is 77.0 Å². The fourth-order valence-corrected chi connectivity index (χ4v) is 1.93. The Hall–Kier alpha value is -1.83. The van der Waals surface area contributed by atoms with Gasteiger partial charge in [-0.25, -0.2) is 0 Å². The first-order valence-corrected chi connectivity index (χ1v) is 7.25. The highest BCUT2D eigenvalue weighted by Crippen LogP contribution is 2.02. The molecule has 0 radical (unpaired) electrons. The van der Waals surface area contributed by atoms with E-state index in [1.807, 2.05) is 37.3 Å². The van der Waals surface area contributed by atoms with E-state index in [-0.39, 0.29) is 6.54 Å². The van der Waals surface area contributed by atoms with Crippen molar-refractivity contribution < 1.29 is 20.3 Å². The maximum Gasteiger partial charge on any atom is 0.171 e. The molecule has 4 nitrogen and oxygen atoms in total. The van der Waals surface area contributed by atoms with E-state index in [4.69, 9.17) is 0 Å². The zero-order chi connectivity index (χ0) is 15.7. The molecule has 1 rings (SSSR count). The first-order chi connectivity index (χ1) is 9.94. The van der Waals surface area contributed by atoms with Gasteiger partial charge in [0.15, 0.2) is 5.60 Å². The molecule has 0 spiro atoms. The van der Waals surface area contributed by atoms with Crippen molar-refractivity contribution in [1.82, 2.24) is 0 Å². The summed E-state index contributed by atoms with van der Waals surface area (Å²) in [5.74, 6) is 4.55. The summed E-state index contributed by atoms with van der Waals surface area (Å²) in [5.41, 5.74) is -0.265. The summed E-state index contributed by atoms with van der Waals surface area (Å²) in [6, 6.07) is 8.65. The number of carboxylic acid groups (broad SMARTS) is 1. The fourth-order valence-electron chi connectivity index (χ4n) is 1.93. The number of nitrogens with two attached hydrogens (primary N) is 1. The zero-order valence-electron chi connectivity index (χ0n) is 12.6. The minimum atomic E-state index is -1.19. The van der Waals surface area contributed by atoms with Gasteiger partial charge in [0.2, 0.25) is 0 Å². The molecule has 0 fully saturated rings. The van der Waals surface area contributed by atoms with Gasteiger partial charge in [0.1, 0.15) is 12.6 Å². The molecule has 21 heavy (non-hydrogen) atoms. The van der Waals surface area contributed by atoms with E-state index in [1.165, 1.54) is 0 Å². The van der Waals surface area contributed by atoms with Crippen LogP contribution in [0, 0.1) is 11.8 Å². The van der Waals surface area contributed by atoms with Crippen LogP contribution in [0.5, 0.6) is 0 Å². The van der Waals surface area contributed by atoms with E-state index in [9.17, 15) is 15.0 Å². The normalized spacial score (nSPS) is 14.6. The van der Waals surface area contributed by atoms with Gasteiger partial charge < -0.3 is 20.3 Å². The summed E-state index contributed by atoms with van der Waals surface area (Å²) >= 11 is 0. The smallest absolute Gasteiger partial charge is 0.171 e. The van der Waals surface area contributed by atoms with E-state index >= 15 is 0 Å².